The third-order valence-electron chi connectivity index (χ3n) is 5.14. The van der Waals surface area contributed by atoms with E-state index in [4.69, 9.17) is 4.74 Å². The number of benzene rings is 2. The van der Waals surface area contributed by atoms with Crippen LogP contribution in [0.2, 0.25) is 0 Å². The minimum absolute atomic E-state index is 0.0716. The lowest BCUT2D eigenvalue weighted by Crippen LogP contribution is -2.51. The Balaban J connectivity index is 1.48. The third kappa shape index (κ3) is 5.33. The Morgan fingerprint density at radius 2 is 1.56 bits per heavy atom. The second-order valence-electron chi connectivity index (χ2n) is 7.57. The first-order valence-corrected chi connectivity index (χ1v) is 9.84. The zero-order valence-corrected chi connectivity index (χ0v) is 16.6. The van der Waals surface area contributed by atoms with E-state index in [0.29, 0.717) is 5.92 Å². The average Bonchev–Trinajstić information content (AvgIpc) is 2.69. The summed E-state index contributed by atoms with van der Waals surface area (Å²) in [6, 6.07) is 18.5. The molecule has 0 radical (unpaired) electrons. The molecule has 1 aliphatic heterocycles. The molecule has 27 heavy (non-hydrogen) atoms. The van der Waals surface area contributed by atoms with E-state index in [9.17, 15) is 4.79 Å². The average molecular weight is 367 g/mol. The van der Waals surface area contributed by atoms with Crippen LogP contribution in [0.5, 0.6) is 5.75 Å². The standard InChI is InChI=1S/C23H30N2O2/c1-18(2)21-9-11-22(12-10-21)27-19(3)23(26)25-15-13-24(14-16-25)17-20-7-5-4-6-8-20/h4-12,18-19H,13-17H2,1-3H3. The molecule has 1 saturated heterocycles. The summed E-state index contributed by atoms with van der Waals surface area (Å²) in [5.74, 6) is 1.32. The first-order valence-electron chi connectivity index (χ1n) is 9.84. The van der Waals surface area contributed by atoms with Crippen molar-refractivity contribution in [2.45, 2.75) is 39.3 Å². The molecule has 0 N–H and O–H groups in total. The van der Waals surface area contributed by atoms with Crippen LogP contribution in [-0.4, -0.2) is 48.0 Å². The summed E-state index contributed by atoms with van der Waals surface area (Å²) in [4.78, 5) is 17.0. The monoisotopic (exact) mass is 366 g/mol. The highest BCUT2D eigenvalue weighted by molar-refractivity contribution is 5.81. The van der Waals surface area contributed by atoms with Gasteiger partial charge < -0.3 is 9.64 Å². The van der Waals surface area contributed by atoms with E-state index in [0.717, 1.165) is 38.5 Å². The number of piperazine rings is 1. The van der Waals surface area contributed by atoms with E-state index in [2.05, 4.69) is 55.1 Å². The van der Waals surface area contributed by atoms with Crippen molar-refractivity contribution >= 4 is 5.91 Å². The summed E-state index contributed by atoms with van der Waals surface area (Å²) < 4.78 is 5.88. The summed E-state index contributed by atoms with van der Waals surface area (Å²) in [5.41, 5.74) is 2.59. The fraction of sp³-hybridized carbons (Fsp3) is 0.435. The van der Waals surface area contributed by atoms with Crippen LogP contribution in [-0.2, 0) is 11.3 Å². The van der Waals surface area contributed by atoms with Crippen molar-refractivity contribution in [1.82, 2.24) is 9.80 Å². The maximum absolute atomic E-state index is 12.7. The van der Waals surface area contributed by atoms with Crippen LogP contribution in [0.3, 0.4) is 0 Å². The van der Waals surface area contributed by atoms with Crippen LogP contribution in [0.15, 0.2) is 54.6 Å². The van der Waals surface area contributed by atoms with Crippen LogP contribution < -0.4 is 4.74 Å². The van der Waals surface area contributed by atoms with Gasteiger partial charge in [0.15, 0.2) is 6.10 Å². The molecule has 0 saturated carbocycles. The predicted octanol–water partition coefficient (Wildman–Crippen LogP) is 3.92. The molecule has 1 heterocycles. The van der Waals surface area contributed by atoms with Gasteiger partial charge in [-0.1, -0.05) is 56.3 Å². The van der Waals surface area contributed by atoms with Gasteiger partial charge in [-0.3, -0.25) is 9.69 Å². The Labute approximate surface area is 162 Å². The Kier molecular flexibility index (Phi) is 6.51. The molecule has 2 aromatic rings. The largest absolute Gasteiger partial charge is 0.481 e. The molecule has 1 atom stereocenters. The molecule has 1 unspecified atom stereocenters. The number of hydrogen-bond donors (Lipinski definition) is 0. The zero-order chi connectivity index (χ0) is 19.2. The molecule has 0 aliphatic carbocycles. The van der Waals surface area contributed by atoms with Crippen molar-refractivity contribution < 1.29 is 9.53 Å². The lowest BCUT2D eigenvalue weighted by atomic mass is 10.0. The smallest absolute Gasteiger partial charge is 0.263 e. The number of nitrogens with zero attached hydrogens (tertiary/aromatic N) is 2. The molecule has 144 valence electrons. The third-order valence-corrected chi connectivity index (χ3v) is 5.14. The molecular formula is C23H30N2O2. The summed E-state index contributed by atoms with van der Waals surface area (Å²) in [5, 5.41) is 0. The van der Waals surface area contributed by atoms with Gasteiger partial charge in [0.25, 0.3) is 5.91 Å². The fourth-order valence-corrected chi connectivity index (χ4v) is 3.41. The summed E-state index contributed by atoms with van der Waals surface area (Å²) in [7, 11) is 0. The van der Waals surface area contributed by atoms with Gasteiger partial charge in [0.2, 0.25) is 0 Å². The van der Waals surface area contributed by atoms with Crippen molar-refractivity contribution in [3.8, 4) is 5.75 Å². The van der Waals surface area contributed by atoms with Gasteiger partial charge in [-0.25, -0.2) is 0 Å². The molecule has 4 nitrogen and oxygen atoms in total. The molecule has 1 aliphatic rings. The SMILES string of the molecule is CC(Oc1ccc(C(C)C)cc1)C(=O)N1CCN(Cc2ccccc2)CC1. The highest BCUT2D eigenvalue weighted by Gasteiger charge is 2.26. The van der Waals surface area contributed by atoms with Gasteiger partial charge in [-0.05, 0) is 36.1 Å². The molecule has 4 heteroatoms. The van der Waals surface area contributed by atoms with Crippen molar-refractivity contribution in [3.05, 3.63) is 65.7 Å². The van der Waals surface area contributed by atoms with Crippen molar-refractivity contribution in [3.63, 3.8) is 0 Å². The number of amides is 1. The molecule has 1 fully saturated rings. The predicted molar refractivity (Wildman–Crippen MR) is 109 cm³/mol. The maximum Gasteiger partial charge on any atom is 0.263 e. The van der Waals surface area contributed by atoms with Crippen molar-refractivity contribution in [1.29, 1.82) is 0 Å². The Hall–Kier alpha value is -2.33. The maximum atomic E-state index is 12.7. The van der Waals surface area contributed by atoms with E-state index in [1.807, 2.05) is 30.0 Å². The molecule has 0 spiro atoms. The first kappa shape index (κ1) is 19.4. The fourth-order valence-electron chi connectivity index (χ4n) is 3.41. The minimum Gasteiger partial charge on any atom is -0.481 e. The van der Waals surface area contributed by atoms with E-state index in [1.165, 1.54) is 11.1 Å². The quantitative estimate of drug-likeness (QED) is 0.777. The van der Waals surface area contributed by atoms with Gasteiger partial charge in [0.05, 0.1) is 0 Å². The van der Waals surface area contributed by atoms with Gasteiger partial charge in [0.1, 0.15) is 5.75 Å². The number of carbonyl (C=O) groups excluding carboxylic acids is 1. The summed E-state index contributed by atoms with van der Waals surface area (Å²) in [6.07, 6.45) is -0.462. The van der Waals surface area contributed by atoms with Gasteiger partial charge >= 0.3 is 0 Å². The second kappa shape index (κ2) is 9.05. The lowest BCUT2D eigenvalue weighted by molar-refractivity contribution is -0.139. The topological polar surface area (TPSA) is 32.8 Å². The zero-order valence-electron chi connectivity index (χ0n) is 16.6. The van der Waals surface area contributed by atoms with Crippen molar-refractivity contribution in [2.24, 2.45) is 0 Å². The van der Waals surface area contributed by atoms with Crippen LogP contribution in [0.25, 0.3) is 0 Å². The van der Waals surface area contributed by atoms with E-state index < -0.39 is 6.10 Å². The number of ether oxygens (including phenoxy) is 1. The van der Waals surface area contributed by atoms with Crippen LogP contribution in [0, 0.1) is 0 Å². The van der Waals surface area contributed by atoms with E-state index >= 15 is 0 Å². The van der Waals surface area contributed by atoms with Crippen LogP contribution >= 0.6 is 0 Å². The number of rotatable bonds is 6. The van der Waals surface area contributed by atoms with E-state index in [-0.39, 0.29) is 5.91 Å². The minimum atomic E-state index is -0.462. The first-order chi connectivity index (χ1) is 13.0. The molecule has 1 amide bonds. The highest BCUT2D eigenvalue weighted by atomic mass is 16.5. The normalized spacial score (nSPS) is 16.4. The lowest BCUT2D eigenvalue weighted by Gasteiger charge is -2.35. The highest BCUT2D eigenvalue weighted by Crippen LogP contribution is 2.20. The Morgan fingerprint density at radius 1 is 0.926 bits per heavy atom. The van der Waals surface area contributed by atoms with Crippen molar-refractivity contribution in [2.75, 3.05) is 26.2 Å². The number of carbonyl (C=O) groups is 1. The van der Waals surface area contributed by atoms with E-state index in [1.54, 1.807) is 0 Å². The van der Waals surface area contributed by atoms with Gasteiger partial charge in [0, 0.05) is 32.7 Å². The summed E-state index contributed by atoms with van der Waals surface area (Å²) >= 11 is 0. The molecule has 0 bridgehead atoms. The molecule has 2 aromatic carbocycles. The molecule has 0 aromatic heterocycles. The Bertz CT molecular complexity index is 720. The van der Waals surface area contributed by atoms with Crippen LogP contribution in [0.4, 0.5) is 0 Å². The molecule has 3 rings (SSSR count). The molecular weight excluding hydrogens is 336 g/mol. The van der Waals surface area contributed by atoms with Gasteiger partial charge in [-0.2, -0.15) is 0 Å². The number of hydrogen-bond acceptors (Lipinski definition) is 3. The second-order valence-corrected chi connectivity index (χ2v) is 7.57. The van der Waals surface area contributed by atoms with Crippen LogP contribution in [0.1, 0.15) is 37.8 Å². The summed E-state index contributed by atoms with van der Waals surface area (Å²) in [6.45, 7) is 10.4. The Morgan fingerprint density at radius 3 is 2.15 bits per heavy atom. The van der Waals surface area contributed by atoms with Gasteiger partial charge in [-0.15, -0.1) is 0 Å².